The first-order chi connectivity index (χ1) is 7.93. The molecule has 17 heavy (non-hydrogen) atoms. The molecule has 3 aliphatic rings. The predicted octanol–water partition coefficient (Wildman–Crippen LogP) is 0.0622. The number of amides is 2. The Morgan fingerprint density at radius 3 is 2.18 bits per heavy atom. The van der Waals surface area contributed by atoms with Gasteiger partial charge >= 0.3 is 0 Å². The zero-order valence-electron chi connectivity index (χ0n) is 10.0. The molecule has 2 aliphatic heterocycles. The minimum atomic E-state index is -0.439. The summed E-state index contributed by atoms with van der Waals surface area (Å²) < 4.78 is 5.36. The van der Waals surface area contributed by atoms with E-state index in [1.54, 1.807) is 0 Å². The largest absolute Gasteiger partial charge is 0.392 e. The van der Waals surface area contributed by atoms with Gasteiger partial charge in [0, 0.05) is 11.5 Å². The molecule has 0 radical (unpaired) electrons. The Balaban J connectivity index is 1.88. The van der Waals surface area contributed by atoms with Gasteiger partial charge in [-0.3, -0.25) is 14.5 Å². The number of ether oxygens (including phenoxy) is 1. The number of hydrogen-bond donors (Lipinski definition) is 1. The number of aliphatic hydroxyl groups is 1. The third-order valence-corrected chi connectivity index (χ3v) is 4.52. The van der Waals surface area contributed by atoms with Crippen LogP contribution < -0.4 is 0 Å². The smallest absolute Gasteiger partial charge is 0.258 e. The maximum absolute atomic E-state index is 12.1. The second kappa shape index (κ2) is 3.29. The predicted molar refractivity (Wildman–Crippen MR) is 57.9 cm³/mol. The van der Waals surface area contributed by atoms with Crippen LogP contribution in [0.1, 0.15) is 33.1 Å². The number of carbonyl (C=O) groups is 2. The van der Waals surface area contributed by atoms with Gasteiger partial charge in [-0.15, -0.1) is 0 Å². The van der Waals surface area contributed by atoms with Crippen LogP contribution in [0.3, 0.4) is 0 Å². The fourth-order valence-corrected chi connectivity index (χ4v) is 3.05. The van der Waals surface area contributed by atoms with Crippen LogP contribution in [0, 0.1) is 5.41 Å². The van der Waals surface area contributed by atoms with Crippen LogP contribution in [-0.4, -0.2) is 46.2 Å². The van der Waals surface area contributed by atoms with Crippen molar-refractivity contribution in [3.8, 4) is 0 Å². The minimum absolute atomic E-state index is 0.176. The van der Waals surface area contributed by atoms with Crippen molar-refractivity contribution in [3.63, 3.8) is 0 Å². The number of rotatable bonds is 1. The van der Waals surface area contributed by atoms with Gasteiger partial charge < -0.3 is 9.84 Å². The van der Waals surface area contributed by atoms with Crippen molar-refractivity contribution in [1.29, 1.82) is 0 Å². The van der Waals surface area contributed by atoms with Crippen molar-refractivity contribution >= 4 is 11.8 Å². The standard InChI is InChI=1S/C12H17NO4/c1-12(2)8(5-9(12)14)13-10(15)6-3-4-7(17-6)11(13)16/h6-9,14H,3-5H2,1-2H3. The van der Waals surface area contributed by atoms with E-state index in [9.17, 15) is 14.7 Å². The normalized spacial score (nSPS) is 43.8. The Hall–Kier alpha value is -0.940. The van der Waals surface area contributed by atoms with Crippen LogP contribution in [0.15, 0.2) is 0 Å². The molecule has 0 aromatic carbocycles. The number of nitrogens with zero attached hydrogens (tertiary/aromatic N) is 1. The third-order valence-electron chi connectivity index (χ3n) is 4.52. The fourth-order valence-electron chi connectivity index (χ4n) is 3.05. The van der Waals surface area contributed by atoms with E-state index < -0.39 is 23.7 Å². The molecule has 2 heterocycles. The van der Waals surface area contributed by atoms with Gasteiger partial charge in [-0.2, -0.15) is 0 Å². The van der Waals surface area contributed by atoms with Crippen molar-refractivity contribution < 1.29 is 19.4 Å². The van der Waals surface area contributed by atoms with E-state index in [1.807, 2.05) is 13.8 Å². The number of imide groups is 1. The number of likely N-dealkylation sites (tertiary alicyclic amines) is 1. The molecule has 5 nitrogen and oxygen atoms in total. The molecule has 0 spiro atoms. The summed E-state index contributed by atoms with van der Waals surface area (Å²) in [4.78, 5) is 25.6. The lowest BCUT2D eigenvalue weighted by Gasteiger charge is -2.54. The van der Waals surface area contributed by atoms with Crippen LogP contribution in [0.25, 0.3) is 0 Å². The highest BCUT2D eigenvalue weighted by Gasteiger charge is 2.57. The molecule has 1 saturated carbocycles. The lowest BCUT2D eigenvalue weighted by molar-refractivity contribution is -0.189. The molecule has 2 saturated heterocycles. The highest BCUT2D eigenvalue weighted by Crippen LogP contribution is 2.46. The van der Waals surface area contributed by atoms with E-state index in [1.165, 1.54) is 4.90 Å². The van der Waals surface area contributed by atoms with Gasteiger partial charge in [-0.05, 0) is 19.3 Å². The van der Waals surface area contributed by atoms with Gasteiger partial charge in [0.15, 0.2) is 0 Å². The molecule has 1 N–H and O–H groups in total. The molecule has 3 fully saturated rings. The van der Waals surface area contributed by atoms with Crippen LogP contribution in [0.4, 0.5) is 0 Å². The number of fused-ring (bicyclic) bond motifs is 2. The van der Waals surface area contributed by atoms with Crippen molar-refractivity contribution in [2.75, 3.05) is 0 Å². The average molecular weight is 239 g/mol. The van der Waals surface area contributed by atoms with E-state index in [0.717, 1.165) is 0 Å². The Kier molecular flexibility index (Phi) is 2.16. The molecule has 0 aromatic heterocycles. The van der Waals surface area contributed by atoms with Crippen molar-refractivity contribution in [2.24, 2.45) is 5.41 Å². The van der Waals surface area contributed by atoms with Crippen LogP contribution in [-0.2, 0) is 14.3 Å². The first kappa shape index (κ1) is 11.2. The van der Waals surface area contributed by atoms with E-state index in [2.05, 4.69) is 0 Å². The topological polar surface area (TPSA) is 66.8 Å². The number of morpholine rings is 1. The van der Waals surface area contributed by atoms with Crippen molar-refractivity contribution in [2.45, 2.75) is 57.5 Å². The van der Waals surface area contributed by atoms with E-state index >= 15 is 0 Å². The Morgan fingerprint density at radius 1 is 1.24 bits per heavy atom. The van der Waals surface area contributed by atoms with Gasteiger partial charge in [0.1, 0.15) is 12.2 Å². The van der Waals surface area contributed by atoms with E-state index in [0.29, 0.717) is 19.3 Å². The zero-order chi connectivity index (χ0) is 12.4. The Labute approximate surface area is 99.7 Å². The first-order valence-electron chi connectivity index (χ1n) is 6.13. The van der Waals surface area contributed by atoms with Crippen molar-refractivity contribution in [3.05, 3.63) is 0 Å². The van der Waals surface area contributed by atoms with Gasteiger partial charge in [0.05, 0.1) is 6.10 Å². The minimum Gasteiger partial charge on any atom is -0.392 e. The zero-order valence-corrected chi connectivity index (χ0v) is 10.0. The highest BCUT2D eigenvalue weighted by molar-refractivity contribution is 6.03. The van der Waals surface area contributed by atoms with Gasteiger partial charge in [-0.25, -0.2) is 0 Å². The monoisotopic (exact) mass is 239 g/mol. The number of carbonyl (C=O) groups excluding carboxylic acids is 2. The second-order valence-electron chi connectivity index (χ2n) is 5.83. The quantitative estimate of drug-likeness (QED) is 0.657. The summed E-state index contributed by atoms with van der Waals surface area (Å²) >= 11 is 0. The molecule has 0 aromatic rings. The molecule has 94 valence electrons. The fraction of sp³-hybridized carbons (Fsp3) is 0.833. The Morgan fingerprint density at radius 2 is 1.76 bits per heavy atom. The molecular weight excluding hydrogens is 222 g/mol. The Bertz CT molecular complexity index is 370. The molecular formula is C12H17NO4. The van der Waals surface area contributed by atoms with Crippen LogP contribution in [0.5, 0.6) is 0 Å². The second-order valence-corrected chi connectivity index (χ2v) is 5.83. The summed E-state index contributed by atoms with van der Waals surface area (Å²) in [5.74, 6) is -0.428. The summed E-state index contributed by atoms with van der Waals surface area (Å²) in [5, 5.41) is 9.72. The lowest BCUT2D eigenvalue weighted by Crippen LogP contribution is -2.67. The summed E-state index contributed by atoms with van der Waals surface area (Å²) in [6, 6.07) is -0.176. The van der Waals surface area contributed by atoms with Gasteiger partial charge in [0.2, 0.25) is 0 Å². The number of hydrogen-bond acceptors (Lipinski definition) is 4. The summed E-state index contributed by atoms with van der Waals surface area (Å²) in [5.41, 5.74) is -0.401. The first-order valence-corrected chi connectivity index (χ1v) is 6.13. The van der Waals surface area contributed by atoms with E-state index in [-0.39, 0.29) is 17.9 Å². The van der Waals surface area contributed by atoms with E-state index in [4.69, 9.17) is 4.74 Å². The lowest BCUT2D eigenvalue weighted by atomic mass is 9.63. The summed E-state index contributed by atoms with van der Waals surface area (Å²) in [6.45, 7) is 3.79. The number of aliphatic hydroxyl groups excluding tert-OH is 1. The molecule has 4 atom stereocenters. The molecule has 3 rings (SSSR count). The average Bonchev–Trinajstić information content (AvgIpc) is 2.72. The van der Waals surface area contributed by atoms with Gasteiger partial charge in [-0.1, -0.05) is 13.8 Å². The van der Waals surface area contributed by atoms with Crippen LogP contribution in [0.2, 0.25) is 0 Å². The SMILES string of the molecule is CC1(C)C(O)CC1N1C(=O)C2CCC(O2)C1=O. The molecule has 5 heteroatoms. The third kappa shape index (κ3) is 1.32. The maximum Gasteiger partial charge on any atom is 0.258 e. The van der Waals surface area contributed by atoms with Gasteiger partial charge in [0.25, 0.3) is 11.8 Å². The molecule has 4 unspecified atom stereocenters. The highest BCUT2D eigenvalue weighted by atomic mass is 16.5. The molecule has 2 amide bonds. The van der Waals surface area contributed by atoms with Crippen LogP contribution >= 0.6 is 0 Å². The van der Waals surface area contributed by atoms with Crippen molar-refractivity contribution in [1.82, 2.24) is 4.90 Å². The summed E-state index contributed by atoms with van der Waals surface area (Å²) in [6.07, 6.45) is 0.457. The summed E-state index contributed by atoms with van der Waals surface area (Å²) in [7, 11) is 0. The molecule has 2 bridgehead atoms. The molecule has 1 aliphatic carbocycles. The maximum atomic E-state index is 12.1.